The second-order valence-electron chi connectivity index (χ2n) is 4.37. The van der Waals surface area contributed by atoms with Crippen LogP contribution in [-0.2, 0) is 7.05 Å². The van der Waals surface area contributed by atoms with Gasteiger partial charge in [-0.1, -0.05) is 0 Å². The summed E-state index contributed by atoms with van der Waals surface area (Å²) < 4.78 is 3.57. The molecule has 0 radical (unpaired) electrons. The highest BCUT2D eigenvalue weighted by Gasteiger charge is 2.08. The molecule has 3 rings (SSSR count). The average Bonchev–Trinajstić information content (AvgIpc) is 2.81. The van der Waals surface area contributed by atoms with Crippen LogP contribution in [-0.4, -0.2) is 21.2 Å². The van der Waals surface area contributed by atoms with Crippen LogP contribution >= 0.6 is 0 Å². The SMILES string of the molecule is CNc1ccn(-c2ccnc3c2ccn3C)c(=O)c1. The van der Waals surface area contributed by atoms with Crippen molar-refractivity contribution in [1.82, 2.24) is 14.1 Å². The van der Waals surface area contributed by atoms with E-state index in [9.17, 15) is 4.79 Å². The molecule has 0 unspecified atom stereocenters. The third-order valence-electron chi connectivity index (χ3n) is 3.21. The van der Waals surface area contributed by atoms with Gasteiger partial charge in [0.1, 0.15) is 5.65 Å². The molecule has 0 aliphatic carbocycles. The smallest absolute Gasteiger partial charge is 0.257 e. The molecule has 96 valence electrons. The van der Waals surface area contributed by atoms with Gasteiger partial charge in [-0.25, -0.2) is 4.98 Å². The second-order valence-corrected chi connectivity index (χ2v) is 4.37. The topological polar surface area (TPSA) is 51.9 Å². The Bertz CT molecular complexity index is 801. The van der Waals surface area contributed by atoms with Crippen LogP contribution in [0, 0.1) is 0 Å². The van der Waals surface area contributed by atoms with Gasteiger partial charge in [0.2, 0.25) is 0 Å². The van der Waals surface area contributed by atoms with Crippen LogP contribution in [0.4, 0.5) is 5.69 Å². The zero-order valence-electron chi connectivity index (χ0n) is 10.8. The van der Waals surface area contributed by atoms with Crippen molar-refractivity contribution < 1.29 is 0 Å². The summed E-state index contributed by atoms with van der Waals surface area (Å²) >= 11 is 0. The predicted molar refractivity (Wildman–Crippen MR) is 75.9 cm³/mol. The number of anilines is 1. The summed E-state index contributed by atoms with van der Waals surface area (Å²) in [6.07, 6.45) is 5.43. The fourth-order valence-electron chi connectivity index (χ4n) is 2.19. The number of hydrogen-bond donors (Lipinski definition) is 1. The number of nitrogens with zero attached hydrogens (tertiary/aromatic N) is 3. The summed E-state index contributed by atoms with van der Waals surface area (Å²) in [5, 5.41) is 3.92. The number of nitrogens with one attached hydrogen (secondary N) is 1. The maximum Gasteiger partial charge on any atom is 0.257 e. The lowest BCUT2D eigenvalue weighted by atomic mass is 10.2. The molecule has 0 atom stereocenters. The maximum atomic E-state index is 12.1. The highest BCUT2D eigenvalue weighted by atomic mass is 16.1. The Balaban J connectivity index is 2.27. The van der Waals surface area contributed by atoms with Gasteiger partial charge in [-0.2, -0.15) is 0 Å². The third kappa shape index (κ3) is 1.79. The van der Waals surface area contributed by atoms with E-state index in [1.807, 2.05) is 36.0 Å². The molecule has 0 saturated carbocycles. The lowest BCUT2D eigenvalue weighted by Gasteiger charge is -2.08. The van der Waals surface area contributed by atoms with E-state index in [2.05, 4.69) is 10.3 Å². The third-order valence-corrected chi connectivity index (χ3v) is 3.21. The first-order valence-electron chi connectivity index (χ1n) is 6.01. The molecule has 19 heavy (non-hydrogen) atoms. The van der Waals surface area contributed by atoms with Gasteiger partial charge < -0.3 is 9.88 Å². The van der Waals surface area contributed by atoms with Crippen LogP contribution in [0.3, 0.4) is 0 Å². The molecule has 3 aromatic rings. The fraction of sp³-hybridized carbons (Fsp3) is 0.143. The van der Waals surface area contributed by atoms with Crippen LogP contribution < -0.4 is 10.9 Å². The van der Waals surface area contributed by atoms with Crippen molar-refractivity contribution in [3.05, 3.63) is 53.2 Å². The number of hydrogen-bond acceptors (Lipinski definition) is 3. The zero-order valence-corrected chi connectivity index (χ0v) is 10.8. The van der Waals surface area contributed by atoms with Crippen molar-refractivity contribution in [3.63, 3.8) is 0 Å². The van der Waals surface area contributed by atoms with Crippen molar-refractivity contribution in [2.24, 2.45) is 7.05 Å². The number of pyridine rings is 2. The van der Waals surface area contributed by atoms with Gasteiger partial charge in [0.05, 0.1) is 5.69 Å². The predicted octanol–water partition coefficient (Wildman–Crippen LogP) is 1.77. The summed E-state index contributed by atoms with van der Waals surface area (Å²) in [7, 11) is 3.73. The Morgan fingerprint density at radius 3 is 2.79 bits per heavy atom. The molecule has 0 aliphatic rings. The zero-order chi connectivity index (χ0) is 13.4. The van der Waals surface area contributed by atoms with E-state index in [4.69, 9.17) is 0 Å². The van der Waals surface area contributed by atoms with Gasteiger partial charge in [0, 0.05) is 49.8 Å². The number of rotatable bonds is 2. The summed E-state index contributed by atoms with van der Waals surface area (Å²) in [6, 6.07) is 7.27. The highest BCUT2D eigenvalue weighted by Crippen LogP contribution is 2.20. The summed E-state index contributed by atoms with van der Waals surface area (Å²) in [5.41, 5.74) is 2.45. The molecular weight excluding hydrogens is 240 g/mol. The van der Waals surface area contributed by atoms with E-state index in [0.717, 1.165) is 22.4 Å². The fourth-order valence-corrected chi connectivity index (χ4v) is 2.19. The Kier molecular flexibility index (Phi) is 2.59. The Labute approximate surface area is 110 Å². The van der Waals surface area contributed by atoms with E-state index in [1.54, 1.807) is 30.1 Å². The van der Waals surface area contributed by atoms with Crippen LogP contribution in [0.25, 0.3) is 16.7 Å². The normalized spacial score (nSPS) is 10.8. The first kappa shape index (κ1) is 11.5. The van der Waals surface area contributed by atoms with E-state index in [-0.39, 0.29) is 5.56 Å². The van der Waals surface area contributed by atoms with Crippen LogP contribution in [0.2, 0.25) is 0 Å². The summed E-state index contributed by atoms with van der Waals surface area (Å²) in [5.74, 6) is 0. The molecule has 5 nitrogen and oxygen atoms in total. The molecule has 5 heteroatoms. The van der Waals surface area contributed by atoms with Crippen molar-refractivity contribution in [3.8, 4) is 5.69 Å². The maximum absolute atomic E-state index is 12.1. The summed E-state index contributed by atoms with van der Waals surface area (Å²) in [4.78, 5) is 16.5. The number of fused-ring (bicyclic) bond motifs is 1. The monoisotopic (exact) mass is 254 g/mol. The Morgan fingerprint density at radius 1 is 1.21 bits per heavy atom. The van der Waals surface area contributed by atoms with Crippen molar-refractivity contribution >= 4 is 16.7 Å². The van der Waals surface area contributed by atoms with Gasteiger partial charge in [-0.15, -0.1) is 0 Å². The molecule has 0 saturated heterocycles. The van der Waals surface area contributed by atoms with Gasteiger partial charge in [0.15, 0.2) is 0 Å². The van der Waals surface area contributed by atoms with Gasteiger partial charge >= 0.3 is 0 Å². The van der Waals surface area contributed by atoms with E-state index in [0.29, 0.717) is 0 Å². The van der Waals surface area contributed by atoms with Crippen molar-refractivity contribution in [2.45, 2.75) is 0 Å². The first-order valence-corrected chi connectivity index (χ1v) is 6.01. The largest absolute Gasteiger partial charge is 0.388 e. The number of aromatic nitrogens is 3. The average molecular weight is 254 g/mol. The molecular formula is C14H14N4O. The summed E-state index contributed by atoms with van der Waals surface area (Å²) in [6.45, 7) is 0. The molecule has 0 aliphatic heterocycles. The quantitative estimate of drug-likeness (QED) is 0.758. The molecule has 3 aromatic heterocycles. The Morgan fingerprint density at radius 2 is 2.05 bits per heavy atom. The number of aryl methyl sites for hydroxylation is 1. The van der Waals surface area contributed by atoms with Gasteiger partial charge in [-0.05, 0) is 18.2 Å². The van der Waals surface area contributed by atoms with E-state index >= 15 is 0 Å². The lowest BCUT2D eigenvalue weighted by molar-refractivity contribution is 0.944. The highest BCUT2D eigenvalue weighted by molar-refractivity contribution is 5.85. The minimum Gasteiger partial charge on any atom is -0.388 e. The van der Waals surface area contributed by atoms with E-state index < -0.39 is 0 Å². The molecule has 0 fully saturated rings. The van der Waals surface area contributed by atoms with E-state index in [1.165, 1.54) is 0 Å². The second kappa shape index (κ2) is 4.28. The molecule has 0 aromatic carbocycles. The first-order chi connectivity index (χ1) is 9.20. The minimum atomic E-state index is -0.0665. The van der Waals surface area contributed by atoms with Crippen molar-refractivity contribution in [2.75, 3.05) is 12.4 Å². The van der Waals surface area contributed by atoms with Crippen LogP contribution in [0.5, 0.6) is 0 Å². The Hall–Kier alpha value is -2.56. The molecule has 0 bridgehead atoms. The molecule has 3 heterocycles. The van der Waals surface area contributed by atoms with Gasteiger partial charge in [-0.3, -0.25) is 9.36 Å². The van der Waals surface area contributed by atoms with Crippen LogP contribution in [0.15, 0.2) is 47.7 Å². The lowest BCUT2D eigenvalue weighted by Crippen LogP contribution is -2.17. The minimum absolute atomic E-state index is 0.0665. The van der Waals surface area contributed by atoms with Crippen molar-refractivity contribution in [1.29, 1.82) is 0 Å². The molecule has 0 amide bonds. The standard InChI is InChI=1S/C14H14N4O/c1-15-10-4-8-18(13(19)9-10)12-3-6-16-14-11(12)5-7-17(14)2/h3-9,15H,1-2H3. The van der Waals surface area contributed by atoms with Gasteiger partial charge in [0.25, 0.3) is 5.56 Å². The molecule has 0 spiro atoms. The molecule has 1 N–H and O–H groups in total. The van der Waals surface area contributed by atoms with Crippen LogP contribution in [0.1, 0.15) is 0 Å².